The Hall–Kier alpha value is -2.36. The molecule has 0 spiro atoms. The largest absolute Gasteiger partial charge is 0.352 e. The van der Waals surface area contributed by atoms with Crippen molar-refractivity contribution in [2.45, 2.75) is 38.6 Å². The zero-order chi connectivity index (χ0) is 15.4. The van der Waals surface area contributed by atoms with Crippen LogP contribution >= 0.6 is 0 Å². The molecule has 3 rings (SSSR count). The number of aromatic nitrogens is 1. The number of pyridine rings is 1. The molecular formula is C18H20N2O2. The number of carbonyl (C=O) groups excluding carboxylic acids is 1. The van der Waals surface area contributed by atoms with E-state index in [1.807, 2.05) is 24.3 Å². The van der Waals surface area contributed by atoms with Crippen LogP contribution < -0.4 is 10.9 Å². The number of hydrogen-bond donors (Lipinski definition) is 2. The highest BCUT2D eigenvalue weighted by Crippen LogP contribution is 2.20. The average molecular weight is 296 g/mol. The number of benzene rings is 1. The molecule has 2 aromatic rings. The Morgan fingerprint density at radius 1 is 1.23 bits per heavy atom. The first-order chi connectivity index (χ1) is 10.7. The highest BCUT2D eigenvalue weighted by molar-refractivity contribution is 5.83. The second-order valence-electron chi connectivity index (χ2n) is 5.77. The molecule has 22 heavy (non-hydrogen) atoms. The van der Waals surface area contributed by atoms with Crippen molar-refractivity contribution < 1.29 is 4.79 Å². The summed E-state index contributed by atoms with van der Waals surface area (Å²) >= 11 is 0. The number of fused-ring (bicyclic) bond motifs is 1. The molecule has 4 nitrogen and oxygen atoms in total. The van der Waals surface area contributed by atoms with Crippen LogP contribution in [0.25, 0.3) is 10.9 Å². The van der Waals surface area contributed by atoms with Gasteiger partial charge in [-0.3, -0.25) is 9.59 Å². The van der Waals surface area contributed by atoms with Gasteiger partial charge in [0.25, 0.3) is 0 Å². The van der Waals surface area contributed by atoms with Gasteiger partial charge in [0.15, 0.2) is 0 Å². The van der Waals surface area contributed by atoms with E-state index in [0.717, 1.165) is 29.3 Å². The van der Waals surface area contributed by atoms with Gasteiger partial charge in [0.05, 0.1) is 0 Å². The molecule has 0 fully saturated rings. The number of rotatable bonds is 4. The molecule has 0 atom stereocenters. The van der Waals surface area contributed by atoms with Crippen LogP contribution in [0.3, 0.4) is 0 Å². The minimum atomic E-state index is -0.141. The molecule has 0 saturated carbocycles. The molecule has 0 saturated heterocycles. The second kappa shape index (κ2) is 6.60. The Balaban J connectivity index is 1.70. The summed E-state index contributed by atoms with van der Waals surface area (Å²) in [7, 11) is 0. The van der Waals surface area contributed by atoms with E-state index in [4.69, 9.17) is 0 Å². The third kappa shape index (κ3) is 3.45. The molecule has 0 aliphatic heterocycles. The highest BCUT2D eigenvalue weighted by atomic mass is 16.1. The van der Waals surface area contributed by atoms with Crippen LogP contribution in [-0.4, -0.2) is 10.9 Å². The number of H-pyrrole nitrogens is 1. The van der Waals surface area contributed by atoms with Crippen LogP contribution in [0.1, 0.15) is 37.7 Å². The fourth-order valence-corrected chi connectivity index (χ4v) is 2.95. The van der Waals surface area contributed by atoms with Gasteiger partial charge >= 0.3 is 0 Å². The maximum atomic E-state index is 12.1. The van der Waals surface area contributed by atoms with E-state index >= 15 is 0 Å². The predicted octanol–water partition coefficient (Wildman–Crippen LogP) is 3.03. The van der Waals surface area contributed by atoms with Crippen LogP contribution in [-0.2, 0) is 11.3 Å². The number of hydrogen-bond acceptors (Lipinski definition) is 2. The molecule has 1 aromatic carbocycles. The number of amides is 1. The Morgan fingerprint density at radius 2 is 2.09 bits per heavy atom. The van der Waals surface area contributed by atoms with Gasteiger partial charge in [-0.1, -0.05) is 29.8 Å². The molecule has 1 aliphatic carbocycles. The summed E-state index contributed by atoms with van der Waals surface area (Å²) in [5.74, 6) is 0.0255. The van der Waals surface area contributed by atoms with Gasteiger partial charge in [0.1, 0.15) is 0 Å². The van der Waals surface area contributed by atoms with Gasteiger partial charge < -0.3 is 10.3 Å². The van der Waals surface area contributed by atoms with Crippen molar-refractivity contribution in [1.29, 1.82) is 0 Å². The normalized spacial score (nSPS) is 14.6. The minimum absolute atomic E-state index is 0.0255. The summed E-state index contributed by atoms with van der Waals surface area (Å²) < 4.78 is 0. The van der Waals surface area contributed by atoms with E-state index in [1.165, 1.54) is 18.4 Å². The van der Waals surface area contributed by atoms with Crippen LogP contribution in [0.4, 0.5) is 0 Å². The summed E-state index contributed by atoms with van der Waals surface area (Å²) in [5, 5.41) is 3.90. The van der Waals surface area contributed by atoms with Crippen molar-refractivity contribution >= 4 is 16.8 Å². The zero-order valence-corrected chi connectivity index (χ0v) is 12.5. The Morgan fingerprint density at radius 3 is 2.91 bits per heavy atom. The maximum absolute atomic E-state index is 12.1. The molecule has 114 valence electrons. The Bertz CT molecular complexity index is 774. The lowest BCUT2D eigenvalue weighted by molar-refractivity contribution is -0.120. The molecule has 1 aromatic heterocycles. The van der Waals surface area contributed by atoms with E-state index in [9.17, 15) is 9.59 Å². The van der Waals surface area contributed by atoms with E-state index in [1.54, 1.807) is 6.07 Å². The van der Waals surface area contributed by atoms with Gasteiger partial charge in [0.2, 0.25) is 11.5 Å². The lowest BCUT2D eigenvalue weighted by Gasteiger charge is -2.13. The van der Waals surface area contributed by atoms with Gasteiger partial charge in [0, 0.05) is 29.9 Å². The van der Waals surface area contributed by atoms with E-state index in [0.29, 0.717) is 13.0 Å². The summed E-state index contributed by atoms with van der Waals surface area (Å²) in [5.41, 5.74) is 2.75. The summed E-state index contributed by atoms with van der Waals surface area (Å²) in [6.45, 7) is 0.385. The number of para-hydroxylation sites is 1. The first-order valence-electron chi connectivity index (χ1n) is 7.78. The van der Waals surface area contributed by atoms with Crippen LogP contribution in [0.15, 0.2) is 46.8 Å². The number of allylic oxidation sites excluding steroid dienone is 1. The molecule has 1 amide bonds. The van der Waals surface area contributed by atoms with Crippen molar-refractivity contribution in [1.82, 2.24) is 10.3 Å². The number of nitrogens with one attached hydrogen (secondary N) is 2. The monoisotopic (exact) mass is 296 g/mol. The molecule has 0 bridgehead atoms. The fourth-order valence-electron chi connectivity index (χ4n) is 2.95. The average Bonchev–Trinajstić information content (AvgIpc) is 2.53. The molecule has 1 aliphatic rings. The number of carbonyl (C=O) groups is 1. The van der Waals surface area contributed by atoms with E-state index in [-0.39, 0.29) is 11.5 Å². The SMILES string of the molecule is O=C(CC1=CCCCC1)NCc1cc(=O)[nH]c2ccccc12. The zero-order valence-electron chi connectivity index (χ0n) is 12.5. The van der Waals surface area contributed by atoms with Crippen molar-refractivity contribution in [3.8, 4) is 0 Å². The van der Waals surface area contributed by atoms with Crippen molar-refractivity contribution in [2.75, 3.05) is 0 Å². The van der Waals surface area contributed by atoms with Crippen molar-refractivity contribution in [2.24, 2.45) is 0 Å². The van der Waals surface area contributed by atoms with Crippen LogP contribution in [0.5, 0.6) is 0 Å². The smallest absolute Gasteiger partial charge is 0.248 e. The third-order valence-electron chi connectivity index (χ3n) is 4.08. The lowest BCUT2D eigenvalue weighted by Crippen LogP contribution is -2.24. The molecule has 1 heterocycles. The summed E-state index contributed by atoms with van der Waals surface area (Å²) in [6.07, 6.45) is 7.18. The van der Waals surface area contributed by atoms with Crippen molar-refractivity contribution in [3.63, 3.8) is 0 Å². The molecule has 0 radical (unpaired) electrons. The predicted molar refractivity (Wildman–Crippen MR) is 87.6 cm³/mol. The maximum Gasteiger partial charge on any atom is 0.248 e. The third-order valence-corrected chi connectivity index (χ3v) is 4.08. The molecular weight excluding hydrogens is 276 g/mol. The number of aromatic amines is 1. The topological polar surface area (TPSA) is 62.0 Å². The first kappa shape index (κ1) is 14.6. The van der Waals surface area contributed by atoms with Crippen molar-refractivity contribution in [3.05, 3.63) is 57.9 Å². The molecule has 0 unspecified atom stereocenters. The van der Waals surface area contributed by atoms with E-state index < -0.39 is 0 Å². The fraction of sp³-hybridized carbons (Fsp3) is 0.333. The standard InChI is InChI=1S/C18H20N2O2/c21-17(10-13-6-2-1-3-7-13)19-12-14-11-18(22)20-16-9-5-4-8-15(14)16/h4-6,8-9,11H,1-3,7,10,12H2,(H,19,21)(H,20,22). The minimum Gasteiger partial charge on any atom is -0.352 e. The Kier molecular flexibility index (Phi) is 4.37. The van der Waals surface area contributed by atoms with Crippen LogP contribution in [0.2, 0.25) is 0 Å². The highest BCUT2D eigenvalue weighted by Gasteiger charge is 2.10. The molecule has 4 heteroatoms. The first-order valence-corrected chi connectivity index (χ1v) is 7.78. The van der Waals surface area contributed by atoms with Gasteiger partial charge in [-0.05, 0) is 37.3 Å². The summed E-state index contributed by atoms with van der Waals surface area (Å²) in [6, 6.07) is 9.20. The lowest BCUT2D eigenvalue weighted by atomic mass is 9.97. The Labute approximate surface area is 129 Å². The summed E-state index contributed by atoms with van der Waals surface area (Å²) in [4.78, 5) is 26.6. The van der Waals surface area contributed by atoms with Gasteiger partial charge in [-0.15, -0.1) is 0 Å². The second-order valence-corrected chi connectivity index (χ2v) is 5.77. The van der Waals surface area contributed by atoms with Gasteiger partial charge in [-0.25, -0.2) is 0 Å². The van der Waals surface area contributed by atoms with E-state index in [2.05, 4.69) is 16.4 Å². The van der Waals surface area contributed by atoms with Gasteiger partial charge in [-0.2, -0.15) is 0 Å². The quantitative estimate of drug-likeness (QED) is 0.852. The van der Waals surface area contributed by atoms with Crippen LogP contribution in [0, 0.1) is 0 Å². The molecule has 2 N–H and O–H groups in total.